The number of nitrogens with two attached hydrogens (primary N) is 1. The maximum atomic E-state index is 7.74. The fourth-order valence-electron chi connectivity index (χ4n) is 2.80. The second kappa shape index (κ2) is 5.00. The van der Waals surface area contributed by atoms with E-state index in [-0.39, 0.29) is 5.84 Å². The molecule has 1 aromatic heterocycles. The molecule has 5 nitrogen and oxygen atoms in total. The molecule has 0 bridgehead atoms. The van der Waals surface area contributed by atoms with E-state index in [1.807, 2.05) is 18.7 Å². The molecule has 2 heterocycles. The van der Waals surface area contributed by atoms with E-state index in [4.69, 9.17) is 11.1 Å². The largest absolute Gasteiger partial charge is 0.384 e. The number of nitrogens with zero attached hydrogens (tertiary/aromatic N) is 3. The van der Waals surface area contributed by atoms with Crippen LogP contribution in [0.2, 0.25) is 0 Å². The van der Waals surface area contributed by atoms with Crippen LogP contribution in [0.3, 0.4) is 0 Å². The minimum Gasteiger partial charge on any atom is -0.384 e. The van der Waals surface area contributed by atoms with Gasteiger partial charge in [0.2, 0.25) is 0 Å². The van der Waals surface area contributed by atoms with E-state index >= 15 is 0 Å². The highest BCUT2D eigenvalue weighted by atomic mass is 15.4. The molecule has 1 unspecified atom stereocenters. The van der Waals surface area contributed by atoms with Crippen LogP contribution in [-0.2, 0) is 7.05 Å². The zero-order valence-corrected chi connectivity index (χ0v) is 11.5. The number of hydrogen-bond acceptors (Lipinski definition) is 3. The van der Waals surface area contributed by atoms with Crippen molar-refractivity contribution in [1.29, 1.82) is 5.41 Å². The second-order valence-electron chi connectivity index (χ2n) is 5.34. The van der Waals surface area contributed by atoms with Crippen molar-refractivity contribution >= 4 is 11.7 Å². The van der Waals surface area contributed by atoms with Crippen LogP contribution in [0.4, 0.5) is 5.82 Å². The molecule has 1 fully saturated rings. The Morgan fingerprint density at radius 3 is 2.78 bits per heavy atom. The lowest BCUT2D eigenvalue weighted by Crippen LogP contribution is -2.29. The predicted octanol–water partition coefficient (Wildman–Crippen LogP) is 1.64. The SMILES string of the molecule is Cc1nn(C)c(N2CCCC(C)CC2)c1C(=N)N. The molecule has 1 atom stereocenters. The van der Waals surface area contributed by atoms with Gasteiger partial charge in [0.1, 0.15) is 11.7 Å². The third kappa shape index (κ3) is 2.35. The minimum absolute atomic E-state index is 0.118. The maximum absolute atomic E-state index is 7.74. The molecular weight excluding hydrogens is 226 g/mol. The predicted molar refractivity (Wildman–Crippen MR) is 74.2 cm³/mol. The quantitative estimate of drug-likeness (QED) is 0.618. The molecule has 0 radical (unpaired) electrons. The van der Waals surface area contributed by atoms with Gasteiger partial charge in [-0.05, 0) is 32.1 Å². The first kappa shape index (κ1) is 12.9. The van der Waals surface area contributed by atoms with Gasteiger partial charge in [-0.3, -0.25) is 10.1 Å². The highest BCUT2D eigenvalue weighted by molar-refractivity contribution is 6.00. The molecule has 5 heteroatoms. The van der Waals surface area contributed by atoms with E-state index in [9.17, 15) is 0 Å². The van der Waals surface area contributed by atoms with Gasteiger partial charge >= 0.3 is 0 Å². The summed E-state index contributed by atoms with van der Waals surface area (Å²) in [6, 6.07) is 0. The summed E-state index contributed by atoms with van der Waals surface area (Å²) >= 11 is 0. The molecule has 1 aliphatic rings. The van der Waals surface area contributed by atoms with Crippen LogP contribution in [0, 0.1) is 18.3 Å². The van der Waals surface area contributed by atoms with E-state index in [1.165, 1.54) is 19.3 Å². The lowest BCUT2D eigenvalue weighted by molar-refractivity contribution is 0.520. The summed E-state index contributed by atoms with van der Waals surface area (Å²) in [6.45, 7) is 6.29. The number of amidine groups is 1. The van der Waals surface area contributed by atoms with E-state index in [0.717, 1.165) is 36.1 Å². The number of nitrogen functional groups attached to an aromatic ring is 1. The Bertz CT molecular complexity index is 448. The molecular formula is C13H23N5. The van der Waals surface area contributed by atoms with E-state index in [1.54, 1.807) is 0 Å². The Morgan fingerprint density at radius 1 is 1.39 bits per heavy atom. The zero-order chi connectivity index (χ0) is 13.3. The van der Waals surface area contributed by atoms with Gasteiger partial charge in [-0.1, -0.05) is 6.92 Å². The van der Waals surface area contributed by atoms with Crippen molar-refractivity contribution in [2.24, 2.45) is 18.7 Å². The van der Waals surface area contributed by atoms with Crippen molar-refractivity contribution in [1.82, 2.24) is 9.78 Å². The molecule has 0 aromatic carbocycles. The van der Waals surface area contributed by atoms with Gasteiger partial charge < -0.3 is 10.6 Å². The first-order valence-electron chi connectivity index (χ1n) is 6.63. The molecule has 0 saturated carbocycles. The van der Waals surface area contributed by atoms with Gasteiger partial charge in [-0.25, -0.2) is 0 Å². The Labute approximate surface area is 108 Å². The number of rotatable bonds is 2. The van der Waals surface area contributed by atoms with Crippen molar-refractivity contribution in [2.75, 3.05) is 18.0 Å². The summed E-state index contributed by atoms with van der Waals surface area (Å²) in [4.78, 5) is 2.33. The van der Waals surface area contributed by atoms with Crippen molar-refractivity contribution in [2.45, 2.75) is 33.1 Å². The number of aryl methyl sites for hydroxylation is 2. The number of hydrogen-bond donors (Lipinski definition) is 2. The van der Waals surface area contributed by atoms with Gasteiger partial charge in [0, 0.05) is 20.1 Å². The van der Waals surface area contributed by atoms with E-state index < -0.39 is 0 Å². The average molecular weight is 249 g/mol. The van der Waals surface area contributed by atoms with Crippen molar-refractivity contribution < 1.29 is 0 Å². The Balaban J connectivity index is 2.34. The summed E-state index contributed by atoms with van der Waals surface area (Å²) in [6.07, 6.45) is 3.67. The van der Waals surface area contributed by atoms with Crippen LogP contribution in [0.1, 0.15) is 37.4 Å². The van der Waals surface area contributed by atoms with Crippen molar-refractivity contribution in [3.8, 4) is 0 Å². The Kier molecular flexibility index (Phi) is 3.59. The molecule has 0 aliphatic carbocycles. The topological polar surface area (TPSA) is 70.9 Å². The Morgan fingerprint density at radius 2 is 2.11 bits per heavy atom. The van der Waals surface area contributed by atoms with Gasteiger partial charge in [0.05, 0.1) is 11.3 Å². The molecule has 1 aliphatic heterocycles. The fraction of sp³-hybridized carbons (Fsp3) is 0.692. The summed E-state index contributed by atoms with van der Waals surface area (Å²) < 4.78 is 1.86. The van der Waals surface area contributed by atoms with Crippen LogP contribution < -0.4 is 10.6 Å². The summed E-state index contributed by atoms with van der Waals surface area (Å²) in [5, 5.41) is 12.2. The van der Waals surface area contributed by atoms with Gasteiger partial charge in [0.25, 0.3) is 0 Å². The van der Waals surface area contributed by atoms with Crippen LogP contribution >= 0.6 is 0 Å². The van der Waals surface area contributed by atoms with Gasteiger partial charge in [-0.15, -0.1) is 0 Å². The monoisotopic (exact) mass is 249 g/mol. The van der Waals surface area contributed by atoms with Gasteiger partial charge in [-0.2, -0.15) is 5.10 Å². The zero-order valence-electron chi connectivity index (χ0n) is 11.5. The minimum atomic E-state index is 0.118. The number of anilines is 1. The lowest BCUT2D eigenvalue weighted by Gasteiger charge is -2.24. The third-order valence-corrected chi connectivity index (χ3v) is 3.78. The molecule has 3 N–H and O–H groups in total. The summed E-state index contributed by atoms with van der Waals surface area (Å²) in [5.41, 5.74) is 7.35. The summed E-state index contributed by atoms with van der Waals surface area (Å²) in [7, 11) is 1.93. The van der Waals surface area contributed by atoms with Gasteiger partial charge in [0.15, 0.2) is 0 Å². The number of nitrogens with one attached hydrogen (secondary N) is 1. The molecule has 0 spiro atoms. The maximum Gasteiger partial charge on any atom is 0.137 e. The standard InChI is InChI=1S/C13H23N5/c1-9-5-4-7-18(8-6-9)13-11(12(14)15)10(2)16-17(13)3/h9H,4-8H2,1-3H3,(H3,14,15). The molecule has 1 aromatic rings. The first-order chi connectivity index (χ1) is 8.50. The molecule has 18 heavy (non-hydrogen) atoms. The van der Waals surface area contributed by atoms with Crippen molar-refractivity contribution in [3.05, 3.63) is 11.3 Å². The average Bonchev–Trinajstić information content (AvgIpc) is 2.46. The smallest absolute Gasteiger partial charge is 0.137 e. The fourth-order valence-corrected chi connectivity index (χ4v) is 2.80. The van der Waals surface area contributed by atoms with Crippen molar-refractivity contribution in [3.63, 3.8) is 0 Å². The van der Waals surface area contributed by atoms with Crippen LogP contribution in [0.25, 0.3) is 0 Å². The van der Waals surface area contributed by atoms with Crippen LogP contribution in [-0.4, -0.2) is 28.7 Å². The number of aromatic nitrogens is 2. The highest BCUT2D eigenvalue weighted by Crippen LogP contribution is 2.26. The molecule has 100 valence electrons. The third-order valence-electron chi connectivity index (χ3n) is 3.78. The highest BCUT2D eigenvalue weighted by Gasteiger charge is 2.23. The van der Waals surface area contributed by atoms with E-state index in [2.05, 4.69) is 16.9 Å². The summed E-state index contributed by atoms with van der Waals surface area (Å²) in [5.74, 6) is 1.91. The molecule has 1 saturated heterocycles. The molecule has 0 amide bonds. The lowest BCUT2D eigenvalue weighted by atomic mass is 10.0. The second-order valence-corrected chi connectivity index (χ2v) is 5.34. The van der Waals surface area contributed by atoms with Crippen LogP contribution in [0.15, 0.2) is 0 Å². The molecule has 2 rings (SSSR count). The van der Waals surface area contributed by atoms with E-state index in [0.29, 0.717) is 0 Å². The Hall–Kier alpha value is -1.52. The van der Waals surface area contributed by atoms with Crippen LogP contribution in [0.5, 0.6) is 0 Å². The first-order valence-corrected chi connectivity index (χ1v) is 6.63. The normalized spacial score (nSPS) is 20.8.